The van der Waals surface area contributed by atoms with E-state index in [4.69, 9.17) is 5.26 Å². The SMILES string of the molecule is CC(C)C1CCN(S(=O)(=O)c2cccc(C#N)c2)CC1. The molecule has 1 heterocycles. The van der Waals surface area contributed by atoms with Gasteiger partial charge < -0.3 is 0 Å². The van der Waals surface area contributed by atoms with Crippen LogP contribution in [-0.2, 0) is 10.0 Å². The average Bonchev–Trinajstić information content (AvgIpc) is 2.47. The summed E-state index contributed by atoms with van der Waals surface area (Å²) in [7, 11) is -3.46. The third kappa shape index (κ3) is 3.02. The molecule has 1 aromatic carbocycles. The summed E-state index contributed by atoms with van der Waals surface area (Å²) in [4.78, 5) is 0.222. The predicted octanol–water partition coefficient (Wildman–Crippen LogP) is 2.61. The molecule has 0 radical (unpaired) electrons. The van der Waals surface area contributed by atoms with E-state index in [0.29, 0.717) is 30.5 Å². The van der Waals surface area contributed by atoms with E-state index in [9.17, 15) is 8.42 Å². The molecule has 1 fully saturated rings. The molecule has 0 atom stereocenters. The third-order valence-corrected chi connectivity index (χ3v) is 5.94. The van der Waals surface area contributed by atoms with Gasteiger partial charge in [-0.2, -0.15) is 9.57 Å². The van der Waals surface area contributed by atoms with Crippen LogP contribution in [0, 0.1) is 23.2 Å². The van der Waals surface area contributed by atoms with E-state index >= 15 is 0 Å². The van der Waals surface area contributed by atoms with E-state index in [0.717, 1.165) is 12.8 Å². The topological polar surface area (TPSA) is 61.2 Å². The molecule has 0 aliphatic carbocycles. The number of rotatable bonds is 3. The molecule has 0 N–H and O–H groups in total. The molecular weight excluding hydrogens is 272 g/mol. The van der Waals surface area contributed by atoms with Crippen LogP contribution in [0.4, 0.5) is 0 Å². The van der Waals surface area contributed by atoms with E-state index in [1.807, 2.05) is 6.07 Å². The summed E-state index contributed by atoms with van der Waals surface area (Å²) < 4.78 is 26.6. The zero-order valence-corrected chi connectivity index (χ0v) is 12.7. The minimum Gasteiger partial charge on any atom is -0.207 e. The van der Waals surface area contributed by atoms with Gasteiger partial charge in [0.05, 0.1) is 16.5 Å². The maximum absolute atomic E-state index is 12.5. The summed E-state index contributed by atoms with van der Waals surface area (Å²) in [5.74, 6) is 1.20. The van der Waals surface area contributed by atoms with Gasteiger partial charge in [-0.3, -0.25) is 0 Å². The molecule has 0 aromatic heterocycles. The van der Waals surface area contributed by atoms with Crippen molar-refractivity contribution < 1.29 is 8.42 Å². The summed E-state index contributed by atoms with van der Waals surface area (Å²) in [6.07, 6.45) is 1.82. The highest BCUT2D eigenvalue weighted by Crippen LogP contribution is 2.28. The van der Waals surface area contributed by atoms with Crippen molar-refractivity contribution in [3.63, 3.8) is 0 Å². The Morgan fingerprint density at radius 3 is 2.50 bits per heavy atom. The van der Waals surface area contributed by atoms with Gasteiger partial charge in [0.25, 0.3) is 0 Å². The highest BCUT2D eigenvalue weighted by atomic mass is 32.2. The van der Waals surface area contributed by atoms with Crippen LogP contribution in [0.1, 0.15) is 32.3 Å². The number of piperidine rings is 1. The molecular formula is C15H20N2O2S. The standard InChI is InChI=1S/C15H20N2O2S/c1-12(2)14-6-8-17(9-7-14)20(18,19)15-5-3-4-13(10-15)11-16/h3-5,10,12,14H,6-9H2,1-2H3. The third-order valence-electron chi connectivity index (χ3n) is 4.04. The molecule has 0 unspecified atom stereocenters. The first kappa shape index (κ1) is 15.0. The molecule has 0 spiro atoms. The van der Waals surface area contributed by atoms with Crippen molar-refractivity contribution in [1.29, 1.82) is 5.26 Å². The largest absolute Gasteiger partial charge is 0.243 e. The van der Waals surface area contributed by atoms with Crippen LogP contribution in [0.5, 0.6) is 0 Å². The molecule has 0 saturated carbocycles. The summed E-state index contributed by atoms with van der Waals surface area (Å²) in [5, 5.41) is 8.88. The zero-order valence-electron chi connectivity index (χ0n) is 11.9. The fraction of sp³-hybridized carbons (Fsp3) is 0.533. The van der Waals surface area contributed by atoms with Crippen molar-refractivity contribution in [1.82, 2.24) is 4.31 Å². The van der Waals surface area contributed by atoms with Gasteiger partial charge in [0.15, 0.2) is 0 Å². The highest BCUT2D eigenvalue weighted by Gasteiger charge is 2.30. The lowest BCUT2D eigenvalue weighted by atomic mass is 9.87. The fourth-order valence-electron chi connectivity index (χ4n) is 2.66. The van der Waals surface area contributed by atoms with Crippen LogP contribution >= 0.6 is 0 Å². The number of benzene rings is 1. The van der Waals surface area contributed by atoms with Gasteiger partial charge in [-0.05, 0) is 42.9 Å². The molecule has 1 aromatic rings. The summed E-state index contributed by atoms with van der Waals surface area (Å²) >= 11 is 0. The Morgan fingerprint density at radius 1 is 1.30 bits per heavy atom. The Bertz CT molecular complexity index is 609. The summed E-state index contributed by atoms with van der Waals surface area (Å²) in [6, 6.07) is 8.22. The lowest BCUT2D eigenvalue weighted by Gasteiger charge is -2.33. The van der Waals surface area contributed by atoms with Crippen molar-refractivity contribution in [2.45, 2.75) is 31.6 Å². The smallest absolute Gasteiger partial charge is 0.207 e. The second-order valence-electron chi connectivity index (χ2n) is 5.63. The second kappa shape index (κ2) is 5.94. The number of nitrogens with zero attached hydrogens (tertiary/aromatic N) is 2. The maximum atomic E-state index is 12.5. The van der Waals surface area contributed by atoms with Crippen molar-refractivity contribution in [2.24, 2.45) is 11.8 Å². The normalized spacial score (nSPS) is 18.1. The van der Waals surface area contributed by atoms with E-state index in [2.05, 4.69) is 13.8 Å². The minimum absolute atomic E-state index is 0.222. The molecule has 108 valence electrons. The first-order valence-corrected chi connectivity index (χ1v) is 8.39. The van der Waals surface area contributed by atoms with Gasteiger partial charge in [0.1, 0.15) is 0 Å². The van der Waals surface area contributed by atoms with Crippen LogP contribution in [0.2, 0.25) is 0 Å². The fourth-order valence-corrected chi connectivity index (χ4v) is 4.17. The molecule has 1 saturated heterocycles. The Morgan fingerprint density at radius 2 is 1.95 bits per heavy atom. The summed E-state index contributed by atoms with van der Waals surface area (Å²) in [5.41, 5.74) is 0.378. The van der Waals surface area contributed by atoms with E-state index in [-0.39, 0.29) is 4.90 Å². The first-order chi connectivity index (χ1) is 9.45. The van der Waals surface area contributed by atoms with E-state index in [1.54, 1.807) is 22.5 Å². The lowest BCUT2D eigenvalue weighted by molar-refractivity contribution is 0.226. The Balaban J connectivity index is 2.18. The molecule has 2 rings (SSSR count). The van der Waals surface area contributed by atoms with Gasteiger partial charge in [0, 0.05) is 13.1 Å². The average molecular weight is 292 g/mol. The molecule has 20 heavy (non-hydrogen) atoms. The molecule has 0 bridgehead atoms. The molecule has 1 aliphatic rings. The Hall–Kier alpha value is -1.38. The molecule has 1 aliphatic heterocycles. The van der Waals surface area contributed by atoms with Crippen LogP contribution in [0.15, 0.2) is 29.2 Å². The van der Waals surface area contributed by atoms with Crippen LogP contribution in [0.25, 0.3) is 0 Å². The van der Waals surface area contributed by atoms with Crippen LogP contribution in [-0.4, -0.2) is 25.8 Å². The Kier molecular flexibility index (Phi) is 4.46. The molecule has 5 heteroatoms. The number of nitriles is 1. The Labute approximate surface area is 121 Å². The summed E-state index contributed by atoms with van der Waals surface area (Å²) in [6.45, 7) is 5.51. The predicted molar refractivity (Wildman–Crippen MR) is 77.5 cm³/mol. The lowest BCUT2D eigenvalue weighted by Crippen LogP contribution is -2.39. The molecule has 4 nitrogen and oxygen atoms in total. The van der Waals surface area contributed by atoms with Crippen molar-refractivity contribution in [2.75, 3.05) is 13.1 Å². The monoisotopic (exact) mass is 292 g/mol. The van der Waals surface area contributed by atoms with Gasteiger partial charge >= 0.3 is 0 Å². The van der Waals surface area contributed by atoms with E-state index < -0.39 is 10.0 Å². The second-order valence-corrected chi connectivity index (χ2v) is 7.56. The van der Waals surface area contributed by atoms with E-state index in [1.165, 1.54) is 6.07 Å². The van der Waals surface area contributed by atoms with Crippen molar-refractivity contribution in [3.8, 4) is 6.07 Å². The van der Waals surface area contributed by atoms with Crippen molar-refractivity contribution >= 4 is 10.0 Å². The van der Waals surface area contributed by atoms with Gasteiger partial charge in [0.2, 0.25) is 10.0 Å². The highest BCUT2D eigenvalue weighted by molar-refractivity contribution is 7.89. The number of hydrogen-bond donors (Lipinski definition) is 0. The molecule has 0 amide bonds. The van der Waals surface area contributed by atoms with Gasteiger partial charge in [-0.25, -0.2) is 8.42 Å². The maximum Gasteiger partial charge on any atom is 0.243 e. The minimum atomic E-state index is -3.46. The first-order valence-electron chi connectivity index (χ1n) is 6.95. The van der Waals surface area contributed by atoms with Crippen molar-refractivity contribution in [3.05, 3.63) is 29.8 Å². The van der Waals surface area contributed by atoms with Gasteiger partial charge in [-0.1, -0.05) is 19.9 Å². The van der Waals surface area contributed by atoms with Crippen LogP contribution in [0.3, 0.4) is 0 Å². The quantitative estimate of drug-likeness (QED) is 0.860. The number of sulfonamides is 1. The number of hydrogen-bond acceptors (Lipinski definition) is 3. The zero-order chi connectivity index (χ0) is 14.8. The van der Waals surface area contributed by atoms with Crippen LogP contribution < -0.4 is 0 Å². The van der Waals surface area contributed by atoms with Gasteiger partial charge in [-0.15, -0.1) is 0 Å².